The maximum absolute atomic E-state index is 12.9. The van der Waals surface area contributed by atoms with Crippen molar-refractivity contribution in [3.05, 3.63) is 45.6 Å². The van der Waals surface area contributed by atoms with E-state index in [0.717, 1.165) is 29.8 Å². The van der Waals surface area contributed by atoms with Gasteiger partial charge in [0.25, 0.3) is 5.56 Å². The van der Waals surface area contributed by atoms with Gasteiger partial charge >= 0.3 is 0 Å². The lowest BCUT2D eigenvalue weighted by Gasteiger charge is -2.29. The molecule has 1 amide bonds. The van der Waals surface area contributed by atoms with Crippen LogP contribution in [0.25, 0.3) is 10.2 Å². The lowest BCUT2D eigenvalue weighted by molar-refractivity contribution is -0.116. The first-order valence-electron chi connectivity index (χ1n) is 8.63. The Morgan fingerprint density at radius 1 is 1.37 bits per heavy atom. The number of amides is 1. The Bertz CT molecular complexity index is 1070. The van der Waals surface area contributed by atoms with E-state index in [2.05, 4.69) is 4.98 Å². The number of fused-ring (bicyclic) bond motifs is 2. The second kappa shape index (κ2) is 7.36. The van der Waals surface area contributed by atoms with Crippen molar-refractivity contribution in [2.45, 2.75) is 18.0 Å². The fourth-order valence-electron chi connectivity index (χ4n) is 3.26. The van der Waals surface area contributed by atoms with Gasteiger partial charge in [0.05, 0.1) is 18.4 Å². The highest BCUT2D eigenvalue weighted by molar-refractivity contribution is 7.99. The van der Waals surface area contributed by atoms with Crippen molar-refractivity contribution in [1.29, 1.82) is 0 Å². The van der Waals surface area contributed by atoms with E-state index < -0.39 is 0 Å². The molecule has 2 aromatic heterocycles. The van der Waals surface area contributed by atoms with Crippen molar-refractivity contribution < 1.29 is 9.53 Å². The number of carbonyl (C=O) groups is 1. The maximum atomic E-state index is 12.9. The van der Waals surface area contributed by atoms with E-state index in [9.17, 15) is 9.59 Å². The highest BCUT2D eigenvalue weighted by Gasteiger charge is 2.23. The van der Waals surface area contributed by atoms with Crippen molar-refractivity contribution in [2.24, 2.45) is 7.05 Å². The van der Waals surface area contributed by atoms with E-state index in [1.807, 2.05) is 34.5 Å². The topological polar surface area (TPSA) is 64.4 Å². The molecule has 4 rings (SSSR count). The molecule has 0 saturated carbocycles. The summed E-state index contributed by atoms with van der Waals surface area (Å²) in [4.78, 5) is 31.6. The Kier molecular flexibility index (Phi) is 4.92. The van der Waals surface area contributed by atoms with Gasteiger partial charge in [0.1, 0.15) is 10.4 Å². The highest BCUT2D eigenvalue weighted by atomic mass is 32.2. The van der Waals surface area contributed by atoms with Gasteiger partial charge in [0.2, 0.25) is 5.91 Å². The molecule has 0 radical (unpaired) electrons. The van der Waals surface area contributed by atoms with Crippen LogP contribution in [0.2, 0.25) is 0 Å². The van der Waals surface area contributed by atoms with E-state index in [1.54, 1.807) is 14.2 Å². The molecular weight excluding hydrogens is 382 g/mol. The number of carbonyl (C=O) groups excluding carboxylic acids is 1. The molecule has 1 aliphatic rings. The van der Waals surface area contributed by atoms with Crippen molar-refractivity contribution in [3.63, 3.8) is 0 Å². The van der Waals surface area contributed by atoms with E-state index in [4.69, 9.17) is 4.74 Å². The molecule has 0 fully saturated rings. The van der Waals surface area contributed by atoms with Crippen LogP contribution in [0.5, 0.6) is 5.75 Å². The van der Waals surface area contributed by atoms with Crippen LogP contribution in [0.4, 0.5) is 5.69 Å². The van der Waals surface area contributed by atoms with Gasteiger partial charge in [-0.1, -0.05) is 11.8 Å². The first kappa shape index (κ1) is 18.1. The molecule has 27 heavy (non-hydrogen) atoms. The van der Waals surface area contributed by atoms with E-state index in [-0.39, 0.29) is 17.2 Å². The summed E-state index contributed by atoms with van der Waals surface area (Å²) in [6, 6.07) is 7.66. The predicted octanol–water partition coefficient (Wildman–Crippen LogP) is 3.08. The number of methoxy groups -OCH3 is 1. The Hall–Kier alpha value is -2.32. The number of aromatic nitrogens is 2. The summed E-state index contributed by atoms with van der Waals surface area (Å²) in [6.07, 6.45) is 1.86. The number of thioether (sulfide) groups is 1. The number of anilines is 1. The van der Waals surface area contributed by atoms with E-state index in [0.29, 0.717) is 21.9 Å². The van der Waals surface area contributed by atoms with Gasteiger partial charge in [-0.3, -0.25) is 14.2 Å². The average Bonchev–Trinajstić information content (AvgIpc) is 3.17. The number of aryl methyl sites for hydroxylation is 1. The quantitative estimate of drug-likeness (QED) is 0.497. The minimum atomic E-state index is -0.0691. The molecule has 3 heterocycles. The van der Waals surface area contributed by atoms with Crippen LogP contribution in [-0.2, 0) is 18.3 Å². The third-order valence-electron chi connectivity index (χ3n) is 4.68. The molecule has 6 nitrogen and oxygen atoms in total. The SMILES string of the molecule is COc1ccc2c(c1)CCCN2C(=O)CSc1nc2ccsc2c(=O)n1C. The first-order valence-corrected chi connectivity index (χ1v) is 10.5. The Morgan fingerprint density at radius 2 is 2.22 bits per heavy atom. The van der Waals surface area contributed by atoms with Crippen molar-refractivity contribution in [3.8, 4) is 5.75 Å². The van der Waals surface area contributed by atoms with Gasteiger partial charge in [0.15, 0.2) is 5.16 Å². The number of hydrogen-bond acceptors (Lipinski definition) is 6. The number of hydrogen-bond donors (Lipinski definition) is 0. The van der Waals surface area contributed by atoms with Gasteiger partial charge < -0.3 is 9.64 Å². The summed E-state index contributed by atoms with van der Waals surface area (Å²) in [5, 5.41) is 2.42. The van der Waals surface area contributed by atoms with Gasteiger partial charge in [0, 0.05) is 19.3 Å². The molecule has 0 atom stereocenters. The zero-order valence-corrected chi connectivity index (χ0v) is 16.7. The van der Waals surface area contributed by atoms with Crippen LogP contribution >= 0.6 is 23.1 Å². The molecule has 0 spiro atoms. The number of rotatable bonds is 4. The Labute approximate surface area is 164 Å². The third kappa shape index (κ3) is 3.35. The largest absolute Gasteiger partial charge is 0.497 e. The van der Waals surface area contributed by atoms with Crippen LogP contribution < -0.4 is 15.2 Å². The van der Waals surface area contributed by atoms with Gasteiger partial charge in [-0.05, 0) is 48.1 Å². The third-order valence-corrected chi connectivity index (χ3v) is 6.58. The summed E-state index contributed by atoms with van der Waals surface area (Å²) in [6.45, 7) is 0.703. The van der Waals surface area contributed by atoms with E-state index >= 15 is 0 Å². The number of nitrogens with zero attached hydrogens (tertiary/aromatic N) is 3. The normalized spacial score (nSPS) is 13.6. The first-order chi connectivity index (χ1) is 13.1. The fourth-order valence-corrected chi connectivity index (χ4v) is 4.91. The molecule has 1 aliphatic heterocycles. The highest BCUT2D eigenvalue weighted by Crippen LogP contribution is 2.31. The van der Waals surface area contributed by atoms with Crippen LogP contribution in [0.15, 0.2) is 39.6 Å². The molecule has 140 valence electrons. The standard InChI is InChI=1S/C19H19N3O3S2/c1-21-18(24)17-14(7-9-26-17)20-19(21)27-11-16(23)22-8-3-4-12-10-13(25-2)5-6-15(12)22/h5-7,9-10H,3-4,8,11H2,1-2H3. The van der Waals surface area contributed by atoms with Gasteiger partial charge in [-0.15, -0.1) is 11.3 Å². The second-order valence-electron chi connectivity index (χ2n) is 6.33. The molecule has 3 aromatic rings. The molecule has 0 bridgehead atoms. The number of benzene rings is 1. The minimum absolute atomic E-state index is 0.0192. The van der Waals surface area contributed by atoms with Crippen LogP contribution in [0.1, 0.15) is 12.0 Å². The van der Waals surface area contributed by atoms with Crippen molar-refractivity contribution >= 4 is 44.9 Å². The van der Waals surface area contributed by atoms with Crippen LogP contribution in [0.3, 0.4) is 0 Å². The van der Waals surface area contributed by atoms with Crippen molar-refractivity contribution in [2.75, 3.05) is 24.3 Å². The summed E-state index contributed by atoms with van der Waals surface area (Å²) < 4.78 is 7.45. The number of thiophene rings is 1. The van der Waals surface area contributed by atoms with Crippen LogP contribution in [0, 0.1) is 0 Å². The summed E-state index contributed by atoms with van der Waals surface area (Å²) in [7, 11) is 3.34. The zero-order valence-electron chi connectivity index (χ0n) is 15.1. The summed E-state index contributed by atoms with van der Waals surface area (Å²) >= 11 is 2.69. The molecule has 0 saturated heterocycles. The predicted molar refractivity (Wildman–Crippen MR) is 109 cm³/mol. The molecule has 0 unspecified atom stereocenters. The summed E-state index contributed by atoms with van der Waals surface area (Å²) in [5.74, 6) is 1.06. The minimum Gasteiger partial charge on any atom is -0.497 e. The second-order valence-corrected chi connectivity index (χ2v) is 8.18. The smallest absolute Gasteiger partial charge is 0.271 e. The molecular formula is C19H19N3O3S2. The zero-order chi connectivity index (χ0) is 19.0. The van der Waals surface area contributed by atoms with Gasteiger partial charge in [-0.2, -0.15) is 0 Å². The Balaban J connectivity index is 1.54. The monoisotopic (exact) mass is 401 g/mol. The molecule has 1 aromatic carbocycles. The molecule has 0 N–H and O–H groups in total. The number of ether oxygens (including phenoxy) is 1. The lowest BCUT2D eigenvalue weighted by atomic mass is 10.0. The maximum Gasteiger partial charge on any atom is 0.271 e. The van der Waals surface area contributed by atoms with Crippen molar-refractivity contribution in [1.82, 2.24) is 9.55 Å². The van der Waals surface area contributed by atoms with E-state index in [1.165, 1.54) is 27.7 Å². The fraction of sp³-hybridized carbons (Fsp3) is 0.316. The van der Waals surface area contributed by atoms with Gasteiger partial charge in [-0.25, -0.2) is 4.98 Å². The molecule has 8 heteroatoms. The van der Waals surface area contributed by atoms with Crippen LogP contribution in [-0.4, -0.2) is 34.9 Å². The average molecular weight is 402 g/mol. The summed E-state index contributed by atoms with van der Waals surface area (Å²) in [5.41, 5.74) is 2.70. The molecule has 0 aliphatic carbocycles. The Morgan fingerprint density at radius 3 is 3.04 bits per heavy atom. The lowest BCUT2D eigenvalue weighted by Crippen LogP contribution is -2.36.